The van der Waals surface area contributed by atoms with Crippen molar-refractivity contribution in [2.24, 2.45) is 0 Å². The fourth-order valence-corrected chi connectivity index (χ4v) is 2.17. The molecule has 0 spiro atoms. The van der Waals surface area contributed by atoms with Gasteiger partial charge in [-0.3, -0.25) is 0 Å². The van der Waals surface area contributed by atoms with Gasteiger partial charge in [0.25, 0.3) is 5.82 Å². The number of hydrogen-bond acceptors (Lipinski definition) is 9. The van der Waals surface area contributed by atoms with E-state index in [-0.39, 0.29) is 19.0 Å². The van der Waals surface area contributed by atoms with E-state index in [1.165, 1.54) is 0 Å². The quantitative estimate of drug-likeness (QED) is 0.435. The molecule has 3 aromatic rings. The molecule has 0 aliphatic carbocycles. The monoisotopic (exact) mass is 396 g/mol. The molecule has 3 rings (SSSR count). The van der Waals surface area contributed by atoms with E-state index in [2.05, 4.69) is 20.1 Å². The number of carbonyl (C=O) groups excluding carboxylic acids is 3. The van der Waals surface area contributed by atoms with E-state index in [0.717, 1.165) is 15.9 Å². The molecule has 1 aromatic heterocycles. The summed E-state index contributed by atoms with van der Waals surface area (Å²) in [4.78, 5) is 36.0. The van der Waals surface area contributed by atoms with Crippen molar-refractivity contribution in [1.29, 1.82) is 0 Å². The van der Waals surface area contributed by atoms with Crippen LogP contribution in [0, 0.1) is 0 Å². The van der Waals surface area contributed by atoms with Crippen LogP contribution in [0.2, 0.25) is 0 Å². The molecule has 10 nitrogen and oxygen atoms in total. The first-order valence-electron chi connectivity index (χ1n) is 8.50. The number of carbonyl (C=O) groups is 3. The minimum atomic E-state index is -1.15. The van der Waals surface area contributed by atoms with Gasteiger partial charge in [-0.2, -0.15) is 4.80 Å². The lowest BCUT2D eigenvalue weighted by Crippen LogP contribution is -2.20. The predicted molar refractivity (Wildman–Crippen MR) is 96.1 cm³/mol. The number of aromatic nitrogens is 4. The lowest BCUT2D eigenvalue weighted by Gasteiger charge is -2.04. The van der Waals surface area contributed by atoms with Crippen molar-refractivity contribution < 1.29 is 28.6 Å². The van der Waals surface area contributed by atoms with E-state index in [0.29, 0.717) is 0 Å². The molecule has 0 saturated carbocycles. The van der Waals surface area contributed by atoms with Gasteiger partial charge in [-0.1, -0.05) is 60.7 Å². The third-order valence-corrected chi connectivity index (χ3v) is 3.52. The van der Waals surface area contributed by atoms with Crippen LogP contribution >= 0.6 is 0 Å². The van der Waals surface area contributed by atoms with Crippen LogP contribution in [-0.4, -0.2) is 38.3 Å². The van der Waals surface area contributed by atoms with Gasteiger partial charge < -0.3 is 14.2 Å². The Morgan fingerprint density at radius 3 is 2.03 bits per heavy atom. The van der Waals surface area contributed by atoms with Crippen molar-refractivity contribution in [3.05, 3.63) is 77.6 Å². The average molecular weight is 396 g/mol. The van der Waals surface area contributed by atoms with Gasteiger partial charge in [0.05, 0.1) is 0 Å². The fourth-order valence-electron chi connectivity index (χ4n) is 2.17. The second kappa shape index (κ2) is 9.74. The normalized spacial score (nSPS) is 10.2. The molecule has 0 amide bonds. The molecule has 10 heteroatoms. The zero-order valence-electron chi connectivity index (χ0n) is 15.1. The molecule has 0 fully saturated rings. The van der Waals surface area contributed by atoms with E-state index < -0.39 is 24.6 Å². The zero-order chi connectivity index (χ0) is 20.5. The highest BCUT2D eigenvalue weighted by atomic mass is 16.7. The second-order valence-electron chi connectivity index (χ2n) is 5.70. The minimum absolute atomic E-state index is 0.0358. The van der Waals surface area contributed by atoms with Crippen molar-refractivity contribution in [3.63, 3.8) is 0 Å². The van der Waals surface area contributed by atoms with Crippen LogP contribution in [0.15, 0.2) is 60.7 Å². The van der Waals surface area contributed by atoms with Crippen molar-refractivity contribution in [3.8, 4) is 0 Å². The van der Waals surface area contributed by atoms with Crippen molar-refractivity contribution in [2.75, 3.05) is 0 Å². The van der Waals surface area contributed by atoms with E-state index in [4.69, 9.17) is 9.47 Å². The first-order chi connectivity index (χ1) is 14.1. The smallest absolute Gasteiger partial charge is 0.455 e. The molecule has 0 atom stereocenters. The number of ether oxygens (including phenoxy) is 3. The molecular weight excluding hydrogens is 380 g/mol. The van der Waals surface area contributed by atoms with E-state index in [9.17, 15) is 14.4 Å². The molecule has 0 unspecified atom stereocenters. The number of benzene rings is 2. The summed E-state index contributed by atoms with van der Waals surface area (Å²) in [6, 6.07) is 18.0. The fraction of sp³-hybridized carbons (Fsp3) is 0.158. The zero-order valence-corrected chi connectivity index (χ0v) is 15.1. The summed E-state index contributed by atoms with van der Waals surface area (Å²) in [7, 11) is 0. The number of esters is 2. The summed E-state index contributed by atoms with van der Waals surface area (Å²) in [5.74, 6) is -2.08. The molecule has 0 N–H and O–H groups in total. The van der Waals surface area contributed by atoms with Gasteiger partial charge in [0.15, 0.2) is 6.54 Å². The summed E-state index contributed by atoms with van der Waals surface area (Å²) < 4.78 is 14.4. The van der Waals surface area contributed by atoms with Crippen LogP contribution in [0.4, 0.5) is 4.79 Å². The summed E-state index contributed by atoms with van der Waals surface area (Å²) in [6.45, 7) is -0.519. The topological polar surface area (TPSA) is 123 Å². The highest BCUT2D eigenvalue weighted by molar-refractivity contribution is 5.85. The van der Waals surface area contributed by atoms with E-state index >= 15 is 0 Å². The Morgan fingerprint density at radius 2 is 1.41 bits per heavy atom. The third kappa shape index (κ3) is 6.24. The van der Waals surface area contributed by atoms with Gasteiger partial charge in [0.2, 0.25) is 0 Å². The van der Waals surface area contributed by atoms with Crippen LogP contribution in [0.3, 0.4) is 0 Å². The number of tetrazole rings is 1. The second-order valence-corrected chi connectivity index (χ2v) is 5.70. The number of hydrogen-bond donors (Lipinski definition) is 0. The van der Waals surface area contributed by atoms with Gasteiger partial charge in [-0.15, -0.1) is 10.2 Å². The van der Waals surface area contributed by atoms with E-state index in [1.807, 2.05) is 24.3 Å². The molecule has 1 heterocycles. The van der Waals surface area contributed by atoms with Crippen molar-refractivity contribution in [2.45, 2.75) is 19.8 Å². The van der Waals surface area contributed by atoms with Gasteiger partial charge in [-0.25, -0.2) is 14.4 Å². The first kappa shape index (κ1) is 19.7. The molecular formula is C19H16N4O6. The molecule has 148 valence electrons. The van der Waals surface area contributed by atoms with Crippen LogP contribution < -0.4 is 0 Å². The van der Waals surface area contributed by atoms with E-state index in [1.54, 1.807) is 36.4 Å². The highest BCUT2D eigenvalue weighted by Crippen LogP contribution is 2.04. The number of rotatable bonds is 7. The molecule has 0 aliphatic rings. The summed E-state index contributed by atoms with van der Waals surface area (Å²) in [6.07, 6.45) is -1.15. The maximum Gasteiger partial charge on any atom is 0.516 e. The third-order valence-electron chi connectivity index (χ3n) is 3.52. The Morgan fingerprint density at radius 1 is 0.828 bits per heavy atom. The van der Waals surface area contributed by atoms with Gasteiger partial charge in [-0.05, 0) is 16.3 Å². The standard InChI is InChI=1S/C19H16N4O6/c24-16(29-19(26)28-13-15-9-5-2-6-10-15)11-23-21-17(20-22-23)18(25)27-12-14-7-3-1-4-8-14/h1-10H,11-13H2. The Bertz CT molecular complexity index is 975. The Labute approximate surface area is 165 Å². The molecule has 0 saturated heterocycles. The molecule has 29 heavy (non-hydrogen) atoms. The maximum atomic E-state index is 11.9. The lowest BCUT2D eigenvalue weighted by molar-refractivity contribution is -0.141. The summed E-state index contributed by atoms with van der Waals surface area (Å²) in [5.41, 5.74) is 1.54. The SMILES string of the molecule is O=C(Cn1nnc(C(=O)OCc2ccccc2)n1)OC(=O)OCc1ccccc1. The van der Waals surface area contributed by atoms with Crippen molar-refractivity contribution >= 4 is 18.1 Å². The first-order valence-corrected chi connectivity index (χ1v) is 8.50. The lowest BCUT2D eigenvalue weighted by atomic mass is 10.2. The predicted octanol–water partition coefficient (Wildman–Crippen LogP) is 1.91. The van der Waals surface area contributed by atoms with Crippen LogP contribution in [-0.2, 0) is 38.8 Å². The Balaban J connectivity index is 1.43. The molecule has 0 bridgehead atoms. The van der Waals surface area contributed by atoms with Crippen LogP contribution in [0.5, 0.6) is 0 Å². The van der Waals surface area contributed by atoms with Gasteiger partial charge in [0, 0.05) is 0 Å². The summed E-state index contributed by atoms with van der Waals surface area (Å²) in [5, 5.41) is 10.8. The van der Waals surface area contributed by atoms with Gasteiger partial charge >= 0.3 is 18.1 Å². The molecule has 2 aromatic carbocycles. The number of nitrogens with zero attached hydrogens (tertiary/aromatic N) is 4. The Hall–Kier alpha value is -4.08. The average Bonchev–Trinajstić information content (AvgIpc) is 3.20. The maximum absolute atomic E-state index is 11.9. The van der Waals surface area contributed by atoms with Crippen LogP contribution in [0.1, 0.15) is 21.7 Å². The summed E-state index contributed by atoms with van der Waals surface area (Å²) >= 11 is 0. The molecule has 0 radical (unpaired) electrons. The largest absolute Gasteiger partial charge is 0.516 e. The molecule has 0 aliphatic heterocycles. The van der Waals surface area contributed by atoms with Gasteiger partial charge in [0.1, 0.15) is 13.2 Å². The van der Waals surface area contributed by atoms with Crippen LogP contribution in [0.25, 0.3) is 0 Å². The Kier molecular flexibility index (Phi) is 6.61. The highest BCUT2D eigenvalue weighted by Gasteiger charge is 2.18. The van der Waals surface area contributed by atoms with Crippen molar-refractivity contribution in [1.82, 2.24) is 20.2 Å². The minimum Gasteiger partial charge on any atom is -0.455 e.